The Balaban J connectivity index is 1.42. The molecule has 1 N–H and O–H groups in total. The number of carbonyl (C=O) groups excluding carboxylic acids is 1. The van der Waals surface area contributed by atoms with Crippen molar-refractivity contribution in [3.05, 3.63) is 77.7 Å². The second kappa shape index (κ2) is 7.16. The number of halogens is 1. The van der Waals surface area contributed by atoms with Crippen molar-refractivity contribution in [1.82, 2.24) is 9.88 Å². The lowest BCUT2D eigenvalue weighted by atomic mass is 9.98. The van der Waals surface area contributed by atoms with E-state index in [0.717, 1.165) is 29.3 Å². The van der Waals surface area contributed by atoms with E-state index in [-0.39, 0.29) is 11.7 Å². The van der Waals surface area contributed by atoms with E-state index in [0.29, 0.717) is 19.5 Å². The lowest BCUT2D eigenvalue weighted by Crippen LogP contribution is -2.34. The van der Waals surface area contributed by atoms with Crippen LogP contribution in [0.1, 0.15) is 24.0 Å². The second-order valence-corrected chi connectivity index (χ2v) is 6.70. The highest BCUT2D eigenvalue weighted by Crippen LogP contribution is 2.29. The maximum atomic E-state index is 13.6. The number of H-pyrrole nitrogens is 1. The largest absolute Gasteiger partial charge is 0.361 e. The van der Waals surface area contributed by atoms with Crippen molar-refractivity contribution < 1.29 is 9.18 Å². The van der Waals surface area contributed by atoms with E-state index < -0.39 is 0 Å². The summed E-state index contributed by atoms with van der Waals surface area (Å²) in [6.07, 6.45) is 6.13. The number of amides is 1. The standard InChI is InChI=1S/C22H21FN2O/c23-18-7-8-21-19(14-18)20(15-24-21)17-10-12-25(13-11-17)22(26)9-6-16-4-2-1-3-5-16/h1-5,7-8,10,14-15,24H,6,9,11-13H2. The third-order valence-electron chi connectivity index (χ3n) is 5.02. The van der Waals surface area contributed by atoms with E-state index in [1.807, 2.05) is 29.3 Å². The number of hydrogen-bond donors (Lipinski definition) is 1. The first kappa shape index (κ1) is 16.6. The number of carbonyl (C=O) groups is 1. The molecule has 4 heteroatoms. The first-order chi connectivity index (χ1) is 12.7. The monoisotopic (exact) mass is 348 g/mol. The zero-order chi connectivity index (χ0) is 17.9. The normalized spacial score (nSPS) is 14.5. The highest BCUT2D eigenvalue weighted by Gasteiger charge is 2.19. The minimum atomic E-state index is -0.229. The van der Waals surface area contributed by atoms with E-state index in [9.17, 15) is 9.18 Å². The molecule has 2 heterocycles. The highest BCUT2D eigenvalue weighted by molar-refractivity contribution is 5.93. The molecule has 4 rings (SSSR count). The van der Waals surface area contributed by atoms with E-state index in [1.54, 1.807) is 12.1 Å². The summed E-state index contributed by atoms with van der Waals surface area (Å²) in [5.41, 5.74) is 4.34. The Hall–Kier alpha value is -2.88. The number of nitrogens with zero attached hydrogens (tertiary/aromatic N) is 1. The molecule has 0 bridgehead atoms. The Bertz CT molecular complexity index is 959. The number of fused-ring (bicyclic) bond motifs is 1. The van der Waals surface area contributed by atoms with E-state index in [2.05, 4.69) is 23.2 Å². The fraction of sp³-hybridized carbons (Fsp3) is 0.227. The minimum absolute atomic E-state index is 0.189. The van der Waals surface area contributed by atoms with Gasteiger partial charge in [-0.05, 0) is 42.2 Å². The molecule has 0 radical (unpaired) electrons. The molecule has 1 aliphatic heterocycles. The van der Waals surface area contributed by atoms with Gasteiger partial charge in [-0.2, -0.15) is 0 Å². The lowest BCUT2D eigenvalue weighted by Gasteiger charge is -2.26. The average Bonchev–Trinajstić information content (AvgIpc) is 3.10. The number of aromatic amines is 1. The van der Waals surface area contributed by atoms with Gasteiger partial charge in [0.05, 0.1) is 0 Å². The van der Waals surface area contributed by atoms with Gasteiger partial charge in [0.15, 0.2) is 0 Å². The summed E-state index contributed by atoms with van der Waals surface area (Å²) >= 11 is 0. The van der Waals surface area contributed by atoms with Crippen LogP contribution >= 0.6 is 0 Å². The Morgan fingerprint density at radius 3 is 2.77 bits per heavy atom. The molecule has 1 aromatic heterocycles. The topological polar surface area (TPSA) is 36.1 Å². The summed E-state index contributed by atoms with van der Waals surface area (Å²) in [6.45, 7) is 1.33. The molecule has 3 aromatic rings. The predicted molar refractivity (Wildman–Crippen MR) is 102 cm³/mol. The molecule has 0 atom stereocenters. The van der Waals surface area contributed by atoms with Crippen LogP contribution in [-0.2, 0) is 11.2 Å². The van der Waals surface area contributed by atoms with Crippen molar-refractivity contribution in [3.63, 3.8) is 0 Å². The number of nitrogens with one attached hydrogen (secondary N) is 1. The molecular weight excluding hydrogens is 327 g/mol. The molecule has 2 aromatic carbocycles. The van der Waals surface area contributed by atoms with Crippen LogP contribution in [0.15, 0.2) is 60.8 Å². The van der Waals surface area contributed by atoms with Gasteiger partial charge in [-0.1, -0.05) is 36.4 Å². The molecule has 0 fully saturated rings. The molecule has 132 valence electrons. The van der Waals surface area contributed by atoms with Gasteiger partial charge in [0, 0.05) is 42.2 Å². The molecule has 0 saturated heterocycles. The number of aryl methyl sites for hydroxylation is 1. The van der Waals surface area contributed by atoms with E-state index >= 15 is 0 Å². The molecule has 0 spiro atoms. The summed E-state index contributed by atoms with van der Waals surface area (Å²) in [6, 6.07) is 14.9. The number of aromatic nitrogens is 1. The molecule has 0 saturated carbocycles. The van der Waals surface area contributed by atoms with Crippen LogP contribution in [0.5, 0.6) is 0 Å². The number of benzene rings is 2. The minimum Gasteiger partial charge on any atom is -0.361 e. The Labute approximate surface area is 152 Å². The number of hydrogen-bond acceptors (Lipinski definition) is 1. The van der Waals surface area contributed by atoms with Crippen LogP contribution in [0.3, 0.4) is 0 Å². The van der Waals surface area contributed by atoms with Crippen LogP contribution in [0.25, 0.3) is 16.5 Å². The van der Waals surface area contributed by atoms with E-state index in [4.69, 9.17) is 0 Å². The van der Waals surface area contributed by atoms with Crippen molar-refractivity contribution in [2.45, 2.75) is 19.3 Å². The zero-order valence-corrected chi connectivity index (χ0v) is 14.5. The van der Waals surface area contributed by atoms with Gasteiger partial charge in [0.2, 0.25) is 5.91 Å². The molecule has 1 aliphatic rings. The summed E-state index contributed by atoms with van der Waals surface area (Å²) in [7, 11) is 0. The fourth-order valence-electron chi connectivity index (χ4n) is 3.55. The first-order valence-corrected chi connectivity index (χ1v) is 8.98. The number of rotatable bonds is 4. The zero-order valence-electron chi connectivity index (χ0n) is 14.5. The Morgan fingerprint density at radius 1 is 1.15 bits per heavy atom. The molecule has 26 heavy (non-hydrogen) atoms. The lowest BCUT2D eigenvalue weighted by molar-refractivity contribution is -0.130. The first-order valence-electron chi connectivity index (χ1n) is 8.98. The van der Waals surface area contributed by atoms with Gasteiger partial charge in [0.1, 0.15) is 5.82 Å². The third-order valence-corrected chi connectivity index (χ3v) is 5.02. The maximum absolute atomic E-state index is 13.6. The predicted octanol–water partition coefficient (Wildman–Crippen LogP) is 4.56. The molecule has 3 nitrogen and oxygen atoms in total. The van der Waals surface area contributed by atoms with Crippen molar-refractivity contribution in [2.75, 3.05) is 13.1 Å². The van der Waals surface area contributed by atoms with Gasteiger partial charge in [-0.25, -0.2) is 4.39 Å². The summed E-state index contributed by atoms with van der Waals surface area (Å²) in [4.78, 5) is 17.6. The average molecular weight is 348 g/mol. The summed E-state index contributed by atoms with van der Waals surface area (Å²) in [5.74, 6) is -0.0402. The third kappa shape index (κ3) is 3.40. The second-order valence-electron chi connectivity index (χ2n) is 6.70. The summed E-state index contributed by atoms with van der Waals surface area (Å²) < 4.78 is 13.6. The fourth-order valence-corrected chi connectivity index (χ4v) is 3.55. The van der Waals surface area contributed by atoms with Gasteiger partial charge in [-0.15, -0.1) is 0 Å². The highest BCUT2D eigenvalue weighted by atomic mass is 19.1. The quantitative estimate of drug-likeness (QED) is 0.737. The van der Waals surface area contributed by atoms with Crippen molar-refractivity contribution in [1.29, 1.82) is 0 Å². The Morgan fingerprint density at radius 2 is 2.00 bits per heavy atom. The SMILES string of the molecule is O=C(CCc1ccccc1)N1CC=C(c2c[nH]c3ccc(F)cc23)CC1. The van der Waals surface area contributed by atoms with E-state index in [1.165, 1.54) is 17.2 Å². The molecule has 0 aliphatic carbocycles. The molecule has 0 unspecified atom stereocenters. The van der Waals surface area contributed by atoms with Crippen LogP contribution in [0, 0.1) is 5.82 Å². The van der Waals surface area contributed by atoms with Crippen molar-refractivity contribution in [2.24, 2.45) is 0 Å². The smallest absolute Gasteiger partial charge is 0.223 e. The van der Waals surface area contributed by atoms with Crippen LogP contribution in [0.2, 0.25) is 0 Å². The van der Waals surface area contributed by atoms with Gasteiger partial charge >= 0.3 is 0 Å². The van der Waals surface area contributed by atoms with Crippen LogP contribution in [-0.4, -0.2) is 28.9 Å². The van der Waals surface area contributed by atoms with Gasteiger partial charge in [-0.3, -0.25) is 4.79 Å². The van der Waals surface area contributed by atoms with Crippen LogP contribution in [0.4, 0.5) is 4.39 Å². The molecular formula is C22H21FN2O. The molecule has 1 amide bonds. The maximum Gasteiger partial charge on any atom is 0.223 e. The Kier molecular flexibility index (Phi) is 4.57. The van der Waals surface area contributed by atoms with Crippen LogP contribution < -0.4 is 0 Å². The summed E-state index contributed by atoms with van der Waals surface area (Å²) in [5, 5.41) is 0.903. The van der Waals surface area contributed by atoms with Crippen molar-refractivity contribution in [3.8, 4) is 0 Å². The van der Waals surface area contributed by atoms with Gasteiger partial charge < -0.3 is 9.88 Å². The van der Waals surface area contributed by atoms with Crippen molar-refractivity contribution >= 4 is 22.4 Å². The van der Waals surface area contributed by atoms with Gasteiger partial charge in [0.25, 0.3) is 0 Å².